The summed E-state index contributed by atoms with van der Waals surface area (Å²) in [4.78, 5) is 0. The fourth-order valence-electron chi connectivity index (χ4n) is 4.64. The van der Waals surface area contributed by atoms with E-state index in [2.05, 4.69) is 78.9 Å². The van der Waals surface area contributed by atoms with E-state index in [1.807, 2.05) is 0 Å². The van der Waals surface area contributed by atoms with Crippen molar-refractivity contribution >= 4 is 16.3 Å². The van der Waals surface area contributed by atoms with E-state index in [-0.39, 0.29) is 0 Å². The van der Waals surface area contributed by atoms with Crippen molar-refractivity contribution in [3.8, 4) is 0 Å². The summed E-state index contributed by atoms with van der Waals surface area (Å²) < 4.78 is 0. The quantitative estimate of drug-likeness (QED) is 0.515. The number of hydrogen-bond acceptors (Lipinski definition) is 0. The molecule has 1 atom stereocenters. The van der Waals surface area contributed by atoms with Gasteiger partial charge in [0.25, 0.3) is 0 Å². The van der Waals surface area contributed by atoms with Crippen LogP contribution in [0.25, 0.3) is 16.3 Å². The highest BCUT2D eigenvalue weighted by molar-refractivity contribution is 5.94. The predicted octanol–water partition coefficient (Wildman–Crippen LogP) is 6.36. The zero-order valence-electron chi connectivity index (χ0n) is 14.4. The third-order valence-corrected chi connectivity index (χ3v) is 5.81. The van der Waals surface area contributed by atoms with Crippen LogP contribution in [0.15, 0.2) is 84.5 Å². The van der Waals surface area contributed by atoms with Crippen LogP contribution in [-0.4, -0.2) is 0 Å². The maximum atomic E-state index is 2.38. The molecule has 2 aliphatic rings. The first-order chi connectivity index (χ1) is 12.4. The van der Waals surface area contributed by atoms with Crippen molar-refractivity contribution < 1.29 is 0 Å². The summed E-state index contributed by atoms with van der Waals surface area (Å²) in [6.45, 7) is 0. The number of hydrogen-bond donors (Lipinski definition) is 0. The van der Waals surface area contributed by atoms with Gasteiger partial charge in [0.1, 0.15) is 0 Å². The van der Waals surface area contributed by atoms with E-state index in [1.165, 1.54) is 40.3 Å². The van der Waals surface area contributed by atoms with Gasteiger partial charge in [-0.2, -0.15) is 0 Å². The Bertz CT molecular complexity index is 989. The second kappa shape index (κ2) is 6.04. The summed E-state index contributed by atoms with van der Waals surface area (Å²) in [7, 11) is 0. The van der Waals surface area contributed by atoms with Crippen LogP contribution in [-0.2, 0) is 12.8 Å². The first-order valence-corrected chi connectivity index (χ1v) is 9.34. The highest BCUT2D eigenvalue weighted by Crippen LogP contribution is 2.43. The number of benzene rings is 3. The second-order valence-corrected chi connectivity index (χ2v) is 7.28. The lowest BCUT2D eigenvalue weighted by atomic mass is 9.72. The largest absolute Gasteiger partial charge is 0.0836 e. The molecule has 2 aliphatic carbocycles. The molecule has 0 saturated carbocycles. The van der Waals surface area contributed by atoms with Gasteiger partial charge in [-0.1, -0.05) is 84.5 Å². The lowest BCUT2D eigenvalue weighted by Crippen LogP contribution is -2.20. The summed E-state index contributed by atoms with van der Waals surface area (Å²) >= 11 is 0. The zero-order valence-corrected chi connectivity index (χ0v) is 14.4. The average molecular weight is 322 g/mol. The van der Waals surface area contributed by atoms with Crippen molar-refractivity contribution in [3.63, 3.8) is 0 Å². The molecule has 0 nitrogen and oxygen atoms in total. The van der Waals surface area contributed by atoms with Crippen molar-refractivity contribution in [3.05, 3.63) is 101 Å². The summed E-state index contributed by atoms with van der Waals surface area (Å²) in [6.07, 6.45) is 9.45. The van der Waals surface area contributed by atoms with Crippen molar-refractivity contribution in [2.45, 2.75) is 25.7 Å². The molecule has 0 bridgehead atoms. The third kappa shape index (κ3) is 2.53. The van der Waals surface area contributed by atoms with Crippen LogP contribution in [0.4, 0.5) is 0 Å². The molecule has 0 saturated heterocycles. The summed E-state index contributed by atoms with van der Waals surface area (Å²) in [5.41, 5.74) is 7.64. The van der Waals surface area contributed by atoms with Gasteiger partial charge in [-0.25, -0.2) is 0 Å². The maximum absolute atomic E-state index is 2.38. The Balaban J connectivity index is 1.66. The van der Waals surface area contributed by atoms with Gasteiger partial charge in [-0.3, -0.25) is 0 Å². The van der Waals surface area contributed by atoms with E-state index in [9.17, 15) is 0 Å². The van der Waals surface area contributed by atoms with Crippen LogP contribution >= 0.6 is 0 Å². The van der Waals surface area contributed by atoms with E-state index in [0.29, 0.717) is 5.92 Å². The molecule has 3 aromatic rings. The predicted molar refractivity (Wildman–Crippen MR) is 107 cm³/mol. The molecule has 0 radical (unpaired) electrons. The summed E-state index contributed by atoms with van der Waals surface area (Å²) in [6, 6.07) is 24.5. The molecule has 0 heteroatoms. The van der Waals surface area contributed by atoms with Crippen LogP contribution in [0.1, 0.15) is 29.5 Å². The van der Waals surface area contributed by atoms with Crippen LogP contribution in [0, 0.1) is 5.92 Å². The van der Waals surface area contributed by atoms with Gasteiger partial charge in [0, 0.05) is 0 Å². The van der Waals surface area contributed by atoms with Crippen LogP contribution in [0.5, 0.6) is 0 Å². The van der Waals surface area contributed by atoms with E-state index >= 15 is 0 Å². The number of rotatable bonds is 2. The summed E-state index contributed by atoms with van der Waals surface area (Å²) in [5, 5.41) is 2.80. The SMILES string of the molecule is C1=CC2=C(CC1)C(Cc1ccccc1)Cc1c2ccc2ccccc12. The second-order valence-electron chi connectivity index (χ2n) is 7.28. The first-order valence-electron chi connectivity index (χ1n) is 9.34. The molecule has 0 N–H and O–H groups in total. The van der Waals surface area contributed by atoms with Crippen LogP contribution in [0.2, 0.25) is 0 Å². The van der Waals surface area contributed by atoms with Gasteiger partial charge < -0.3 is 0 Å². The van der Waals surface area contributed by atoms with Crippen LogP contribution < -0.4 is 0 Å². The van der Waals surface area contributed by atoms with Crippen molar-refractivity contribution in [2.75, 3.05) is 0 Å². The molecule has 0 amide bonds. The van der Waals surface area contributed by atoms with Gasteiger partial charge in [-0.05, 0) is 64.6 Å². The van der Waals surface area contributed by atoms with E-state index < -0.39 is 0 Å². The molecule has 0 spiro atoms. The van der Waals surface area contributed by atoms with Crippen molar-refractivity contribution in [1.29, 1.82) is 0 Å². The minimum Gasteiger partial charge on any atom is -0.0836 e. The van der Waals surface area contributed by atoms with Crippen molar-refractivity contribution in [2.24, 2.45) is 5.92 Å². The maximum Gasteiger partial charge on any atom is -0.0112 e. The molecule has 25 heavy (non-hydrogen) atoms. The highest BCUT2D eigenvalue weighted by atomic mass is 14.3. The minimum absolute atomic E-state index is 0.626. The fraction of sp³-hybridized carbons (Fsp3) is 0.200. The van der Waals surface area contributed by atoms with Gasteiger partial charge >= 0.3 is 0 Å². The fourth-order valence-corrected chi connectivity index (χ4v) is 4.64. The highest BCUT2D eigenvalue weighted by Gasteiger charge is 2.28. The van der Waals surface area contributed by atoms with Crippen LogP contribution in [0.3, 0.4) is 0 Å². The van der Waals surface area contributed by atoms with Crippen molar-refractivity contribution in [1.82, 2.24) is 0 Å². The van der Waals surface area contributed by atoms with Gasteiger partial charge in [0.15, 0.2) is 0 Å². The standard InChI is InChI=1S/C25H22/c1-2-8-18(9-3-1)16-20-17-25-21-11-5-4-10-19(21)14-15-24(25)23-13-7-6-12-22(20)23/h1-5,7-11,13-15,20H,6,12,16-17H2. The first kappa shape index (κ1) is 14.7. The molecule has 1 unspecified atom stereocenters. The Morgan fingerprint density at radius 2 is 1.68 bits per heavy atom. The molecular formula is C25H22. The molecule has 122 valence electrons. The number of fused-ring (bicyclic) bond motifs is 4. The lowest BCUT2D eigenvalue weighted by molar-refractivity contribution is 0.575. The zero-order chi connectivity index (χ0) is 16.6. The monoisotopic (exact) mass is 322 g/mol. The third-order valence-electron chi connectivity index (χ3n) is 5.81. The smallest absolute Gasteiger partial charge is 0.0112 e. The van der Waals surface area contributed by atoms with E-state index in [0.717, 1.165) is 12.8 Å². The van der Waals surface area contributed by atoms with Gasteiger partial charge in [0.05, 0.1) is 0 Å². The molecule has 0 aromatic heterocycles. The minimum atomic E-state index is 0.626. The molecular weight excluding hydrogens is 300 g/mol. The molecule has 3 aromatic carbocycles. The Hall–Kier alpha value is -2.60. The Morgan fingerprint density at radius 1 is 0.840 bits per heavy atom. The van der Waals surface area contributed by atoms with Gasteiger partial charge in [-0.15, -0.1) is 0 Å². The topological polar surface area (TPSA) is 0 Å². The number of allylic oxidation sites excluding steroid dienone is 4. The molecule has 0 heterocycles. The molecule has 5 rings (SSSR count). The molecule has 0 aliphatic heterocycles. The average Bonchev–Trinajstić information content (AvgIpc) is 2.69. The Kier molecular flexibility index (Phi) is 3.56. The Morgan fingerprint density at radius 3 is 2.60 bits per heavy atom. The normalized spacial score (nSPS) is 19.0. The summed E-state index contributed by atoms with van der Waals surface area (Å²) in [5.74, 6) is 0.626. The molecule has 0 fully saturated rings. The lowest BCUT2D eigenvalue weighted by Gasteiger charge is -2.32. The van der Waals surface area contributed by atoms with E-state index in [4.69, 9.17) is 0 Å². The van der Waals surface area contributed by atoms with Gasteiger partial charge in [0.2, 0.25) is 0 Å². The Labute approximate surface area is 149 Å². The van der Waals surface area contributed by atoms with E-state index in [1.54, 1.807) is 11.1 Å².